The number of likely N-dealkylation sites (tertiary alicyclic amines) is 1. The lowest BCUT2D eigenvalue weighted by Gasteiger charge is -2.18. The first-order valence-corrected chi connectivity index (χ1v) is 6.83. The van der Waals surface area contributed by atoms with Crippen LogP contribution in [0.15, 0.2) is 24.3 Å². The van der Waals surface area contributed by atoms with Crippen molar-refractivity contribution in [2.75, 3.05) is 13.1 Å². The van der Waals surface area contributed by atoms with Gasteiger partial charge in [-0.15, -0.1) is 0 Å². The summed E-state index contributed by atoms with van der Waals surface area (Å²) in [4.78, 5) is 13.8. The molecule has 3 nitrogen and oxygen atoms in total. The Morgan fingerprint density at radius 2 is 2.05 bits per heavy atom. The van der Waals surface area contributed by atoms with Crippen molar-refractivity contribution in [3.63, 3.8) is 0 Å². The van der Waals surface area contributed by atoms with Gasteiger partial charge in [-0.2, -0.15) is 0 Å². The van der Waals surface area contributed by atoms with E-state index in [0.29, 0.717) is 19.0 Å². The molecule has 1 fully saturated rings. The highest BCUT2D eigenvalue weighted by Gasteiger charge is 2.29. The fourth-order valence-corrected chi connectivity index (χ4v) is 2.49. The summed E-state index contributed by atoms with van der Waals surface area (Å²) in [5, 5.41) is 3.40. The van der Waals surface area contributed by atoms with Crippen LogP contribution in [0.4, 0.5) is 4.39 Å². The number of amides is 1. The third-order valence-corrected chi connectivity index (χ3v) is 3.37. The van der Waals surface area contributed by atoms with E-state index in [0.717, 1.165) is 18.5 Å². The van der Waals surface area contributed by atoms with Crippen LogP contribution in [0, 0.1) is 5.82 Å². The van der Waals surface area contributed by atoms with Gasteiger partial charge in [0, 0.05) is 31.6 Å². The summed E-state index contributed by atoms with van der Waals surface area (Å²) in [5.41, 5.74) is 1.06. The maximum Gasteiger partial charge on any atom is 0.224 e. The monoisotopic (exact) mass is 264 g/mol. The minimum absolute atomic E-state index is 0.209. The van der Waals surface area contributed by atoms with Crippen molar-refractivity contribution in [3.8, 4) is 0 Å². The Labute approximate surface area is 113 Å². The van der Waals surface area contributed by atoms with E-state index in [1.807, 2.05) is 4.90 Å². The smallest absolute Gasteiger partial charge is 0.224 e. The van der Waals surface area contributed by atoms with Crippen LogP contribution in [0.5, 0.6) is 0 Å². The highest BCUT2D eigenvalue weighted by Crippen LogP contribution is 2.13. The lowest BCUT2D eigenvalue weighted by Crippen LogP contribution is -2.37. The van der Waals surface area contributed by atoms with Gasteiger partial charge in [0.1, 0.15) is 5.82 Å². The largest absolute Gasteiger partial charge is 0.341 e. The molecule has 1 saturated heterocycles. The van der Waals surface area contributed by atoms with Gasteiger partial charge < -0.3 is 10.2 Å². The molecule has 1 aromatic carbocycles. The predicted octanol–water partition coefficient (Wildman–Crippen LogP) is 1.97. The molecule has 1 aliphatic heterocycles. The molecule has 1 atom stereocenters. The predicted molar refractivity (Wildman–Crippen MR) is 73.4 cm³/mol. The lowest BCUT2D eigenvalue weighted by molar-refractivity contribution is -0.127. The highest BCUT2D eigenvalue weighted by molar-refractivity contribution is 5.79. The Balaban J connectivity index is 1.83. The highest BCUT2D eigenvalue weighted by atomic mass is 19.1. The molecule has 0 saturated carbocycles. The van der Waals surface area contributed by atoms with E-state index < -0.39 is 0 Å². The molecule has 1 aromatic rings. The number of nitrogens with one attached hydrogen (secondary N) is 1. The first-order chi connectivity index (χ1) is 9.04. The number of carbonyl (C=O) groups is 1. The van der Waals surface area contributed by atoms with Crippen molar-refractivity contribution in [2.45, 2.75) is 38.8 Å². The molecule has 1 aliphatic rings. The van der Waals surface area contributed by atoms with Crippen LogP contribution in [-0.4, -0.2) is 36.0 Å². The molecule has 19 heavy (non-hydrogen) atoms. The molecule has 0 spiro atoms. The Bertz CT molecular complexity index is 430. The minimum atomic E-state index is -0.220. The number of nitrogens with zero attached hydrogens (tertiary/aromatic N) is 1. The van der Waals surface area contributed by atoms with Gasteiger partial charge in [0.2, 0.25) is 5.91 Å². The van der Waals surface area contributed by atoms with Crippen molar-refractivity contribution in [3.05, 3.63) is 35.6 Å². The summed E-state index contributed by atoms with van der Waals surface area (Å²) in [5.74, 6) is -0.0116. The summed E-state index contributed by atoms with van der Waals surface area (Å²) in [7, 11) is 0. The molecule has 2 rings (SSSR count). The van der Waals surface area contributed by atoms with E-state index in [1.54, 1.807) is 12.1 Å². The molecular weight excluding hydrogens is 243 g/mol. The fraction of sp³-hybridized carbons (Fsp3) is 0.533. The SMILES string of the molecule is CC(C)NC1CC(=O)N(CCc2ccc(F)cc2)C1. The summed E-state index contributed by atoms with van der Waals surface area (Å²) >= 11 is 0. The van der Waals surface area contributed by atoms with Crippen LogP contribution in [0.1, 0.15) is 25.8 Å². The molecule has 1 N–H and O–H groups in total. The maximum atomic E-state index is 12.8. The Hall–Kier alpha value is -1.42. The maximum absolute atomic E-state index is 12.8. The summed E-state index contributed by atoms with van der Waals surface area (Å²) in [6, 6.07) is 7.14. The number of benzene rings is 1. The molecule has 0 aromatic heterocycles. The van der Waals surface area contributed by atoms with Crippen molar-refractivity contribution in [1.29, 1.82) is 0 Å². The van der Waals surface area contributed by atoms with Crippen LogP contribution < -0.4 is 5.32 Å². The van der Waals surface area contributed by atoms with Gasteiger partial charge in [0.05, 0.1) is 0 Å². The van der Waals surface area contributed by atoms with Gasteiger partial charge in [-0.1, -0.05) is 26.0 Å². The van der Waals surface area contributed by atoms with Gasteiger partial charge >= 0.3 is 0 Å². The number of hydrogen-bond donors (Lipinski definition) is 1. The molecule has 1 unspecified atom stereocenters. The van der Waals surface area contributed by atoms with Crippen LogP contribution in [0.3, 0.4) is 0 Å². The Morgan fingerprint density at radius 3 is 2.68 bits per heavy atom. The zero-order chi connectivity index (χ0) is 13.8. The average molecular weight is 264 g/mol. The number of rotatable bonds is 5. The van der Waals surface area contributed by atoms with E-state index in [1.165, 1.54) is 12.1 Å². The standard InChI is InChI=1S/C15H21FN2O/c1-11(2)17-14-9-15(19)18(10-14)8-7-12-3-5-13(16)6-4-12/h3-6,11,14,17H,7-10H2,1-2H3. The first kappa shape index (κ1) is 14.0. The summed E-state index contributed by atoms with van der Waals surface area (Å²) in [6.45, 7) is 5.66. The minimum Gasteiger partial charge on any atom is -0.341 e. The topological polar surface area (TPSA) is 32.3 Å². The van der Waals surface area contributed by atoms with Crippen LogP contribution in [-0.2, 0) is 11.2 Å². The van der Waals surface area contributed by atoms with E-state index in [9.17, 15) is 9.18 Å². The Kier molecular flexibility index (Phi) is 4.53. The molecule has 4 heteroatoms. The van der Waals surface area contributed by atoms with E-state index in [2.05, 4.69) is 19.2 Å². The van der Waals surface area contributed by atoms with Gasteiger partial charge in [-0.05, 0) is 24.1 Å². The summed E-state index contributed by atoms with van der Waals surface area (Å²) < 4.78 is 12.8. The van der Waals surface area contributed by atoms with Crippen molar-refractivity contribution in [2.24, 2.45) is 0 Å². The fourth-order valence-electron chi connectivity index (χ4n) is 2.49. The van der Waals surface area contributed by atoms with Crippen LogP contribution in [0.25, 0.3) is 0 Å². The van der Waals surface area contributed by atoms with E-state index in [-0.39, 0.29) is 17.8 Å². The zero-order valence-corrected chi connectivity index (χ0v) is 11.5. The van der Waals surface area contributed by atoms with Crippen molar-refractivity contribution < 1.29 is 9.18 Å². The quantitative estimate of drug-likeness (QED) is 0.882. The lowest BCUT2D eigenvalue weighted by atomic mass is 10.1. The number of halogens is 1. The average Bonchev–Trinajstić information content (AvgIpc) is 2.68. The molecule has 0 radical (unpaired) electrons. The van der Waals surface area contributed by atoms with Crippen LogP contribution in [0.2, 0.25) is 0 Å². The molecule has 104 valence electrons. The van der Waals surface area contributed by atoms with Gasteiger partial charge in [-0.3, -0.25) is 4.79 Å². The third kappa shape index (κ3) is 4.03. The molecular formula is C15H21FN2O. The Morgan fingerprint density at radius 1 is 1.37 bits per heavy atom. The molecule has 0 bridgehead atoms. The van der Waals surface area contributed by atoms with Gasteiger partial charge in [-0.25, -0.2) is 4.39 Å². The first-order valence-electron chi connectivity index (χ1n) is 6.83. The number of hydrogen-bond acceptors (Lipinski definition) is 2. The molecule has 1 heterocycles. The van der Waals surface area contributed by atoms with Crippen molar-refractivity contribution >= 4 is 5.91 Å². The second-order valence-corrected chi connectivity index (χ2v) is 5.44. The van der Waals surface area contributed by atoms with E-state index in [4.69, 9.17) is 0 Å². The zero-order valence-electron chi connectivity index (χ0n) is 11.5. The van der Waals surface area contributed by atoms with Gasteiger partial charge in [0.25, 0.3) is 0 Å². The summed E-state index contributed by atoms with van der Waals surface area (Å²) in [6.07, 6.45) is 1.36. The van der Waals surface area contributed by atoms with Crippen LogP contribution >= 0.6 is 0 Å². The second-order valence-electron chi connectivity index (χ2n) is 5.44. The normalized spacial score (nSPS) is 19.5. The third-order valence-electron chi connectivity index (χ3n) is 3.37. The number of carbonyl (C=O) groups excluding carboxylic acids is 1. The molecule has 1 amide bonds. The second kappa shape index (κ2) is 6.15. The molecule has 0 aliphatic carbocycles. The van der Waals surface area contributed by atoms with E-state index >= 15 is 0 Å². The van der Waals surface area contributed by atoms with Crippen molar-refractivity contribution in [1.82, 2.24) is 10.2 Å². The van der Waals surface area contributed by atoms with Gasteiger partial charge in [0.15, 0.2) is 0 Å².